The van der Waals surface area contributed by atoms with Crippen molar-refractivity contribution in [3.63, 3.8) is 0 Å². The smallest absolute Gasteiger partial charge is 0.250 e. The van der Waals surface area contributed by atoms with Crippen molar-refractivity contribution in [2.45, 2.75) is 32.2 Å². The molecule has 2 aliphatic heterocycles. The fourth-order valence-corrected chi connectivity index (χ4v) is 3.21. The molecule has 2 aliphatic rings. The highest BCUT2D eigenvalue weighted by atomic mass is 35.5. The number of benzene rings is 1. The number of piperazine rings is 1. The van der Waals surface area contributed by atoms with E-state index >= 15 is 0 Å². The van der Waals surface area contributed by atoms with Gasteiger partial charge in [-0.1, -0.05) is 17.7 Å². The number of piperidine rings is 1. The number of nitrogens with zero attached hydrogens (tertiary/aromatic N) is 2. The Balaban J connectivity index is 1.96. The number of hydrogen-bond acceptors (Lipinski definition) is 2. The Hall–Kier alpha value is -1.55. The Bertz CT molecular complexity index is 573. The van der Waals surface area contributed by atoms with Crippen LogP contribution in [0.3, 0.4) is 0 Å². The lowest BCUT2D eigenvalue weighted by Crippen LogP contribution is -2.61. The fraction of sp³-hybridized carbons (Fsp3) is 0.467. The molecule has 2 saturated heterocycles. The molecule has 0 radical (unpaired) electrons. The lowest BCUT2D eigenvalue weighted by atomic mass is 9.97. The number of rotatable bonds is 1. The molecule has 2 heterocycles. The Morgan fingerprint density at radius 3 is 2.85 bits per heavy atom. The maximum atomic E-state index is 12.7. The molecule has 5 heteroatoms. The van der Waals surface area contributed by atoms with E-state index in [0.717, 1.165) is 30.5 Å². The minimum absolute atomic E-state index is 0.0228. The topological polar surface area (TPSA) is 40.6 Å². The molecule has 106 valence electrons. The summed E-state index contributed by atoms with van der Waals surface area (Å²) in [6.07, 6.45) is 2.76. The van der Waals surface area contributed by atoms with E-state index in [1.165, 1.54) is 0 Å². The summed E-state index contributed by atoms with van der Waals surface area (Å²) in [7, 11) is 0. The summed E-state index contributed by atoms with van der Waals surface area (Å²) < 4.78 is 0. The summed E-state index contributed by atoms with van der Waals surface area (Å²) in [6, 6.07) is 5.15. The predicted octanol–water partition coefficient (Wildman–Crippen LogP) is 2.38. The molecule has 0 aliphatic carbocycles. The molecule has 1 aromatic rings. The van der Waals surface area contributed by atoms with Crippen molar-refractivity contribution in [2.75, 3.05) is 18.0 Å². The second kappa shape index (κ2) is 5.09. The summed E-state index contributed by atoms with van der Waals surface area (Å²) in [5.74, 6) is 0.0587. The third-order valence-electron chi connectivity index (χ3n) is 4.13. The minimum atomic E-state index is -0.289. The normalized spacial score (nSPS) is 23.0. The van der Waals surface area contributed by atoms with Gasteiger partial charge in [0.05, 0.1) is 0 Å². The molecule has 0 saturated carbocycles. The van der Waals surface area contributed by atoms with Gasteiger partial charge in [-0.2, -0.15) is 0 Å². The van der Waals surface area contributed by atoms with Gasteiger partial charge in [0.25, 0.3) is 0 Å². The van der Waals surface area contributed by atoms with E-state index < -0.39 is 0 Å². The van der Waals surface area contributed by atoms with E-state index in [1.807, 2.05) is 13.0 Å². The van der Waals surface area contributed by atoms with Crippen LogP contribution in [0.25, 0.3) is 0 Å². The lowest BCUT2D eigenvalue weighted by Gasteiger charge is -2.43. The number of fused-ring (bicyclic) bond motifs is 1. The van der Waals surface area contributed by atoms with Crippen LogP contribution in [0.4, 0.5) is 5.69 Å². The Morgan fingerprint density at radius 2 is 2.05 bits per heavy atom. The molecule has 0 N–H and O–H groups in total. The molecule has 2 fully saturated rings. The van der Waals surface area contributed by atoms with Crippen molar-refractivity contribution >= 4 is 29.1 Å². The van der Waals surface area contributed by atoms with Gasteiger partial charge in [-0.05, 0) is 43.9 Å². The SMILES string of the molecule is Cc1ccc(Cl)cc1N1CC(=O)N2CCCCC2C1=O. The molecule has 4 nitrogen and oxygen atoms in total. The molecule has 1 aromatic carbocycles. The zero-order valence-corrected chi connectivity index (χ0v) is 12.2. The maximum Gasteiger partial charge on any atom is 0.250 e. The van der Waals surface area contributed by atoms with Crippen molar-refractivity contribution in [1.29, 1.82) is 0 Å². The van der Waals surface area contributed by atoms with Crippen LogP contribution < -0.4 is 4.90 Å². The molecule has 1 atom stereocenters. The highest BCUT2D eigenvalue weighted by Gasteiger charge is 2.41. The molecular weight excluding hydrogens is 276 g/mol. The van der Waals surface area contributed by atoms with Gasteiger partial charge in [0.15, 0.2) is 0 Å². The summed E-state index contributed by atoms with van der Waals surface area (Å²) in [5, 5.41) is 0.580. The molecule has 3 rings (SSSR count). The Kier molecular flexibility index (Phi) is 3.42. The summed E-state index contributed by atoms with van der Waals surface area (Å²) in [5.41, 5.74) is 1.71. The van der Waals surface area contributed by atoms with E-state index in [2.05, 4.69) is 0 Å². The third kappa shape index (κ3) is 2.18. The summed E-state index contributed by atoms with van der Waals surface area (Å²) >= 11 is 6.02. The highest BCUT2D eigenvalue weighted by molar-refractivity contribution is 6.31. The number of aryl methyl sites for hydroxylation is 1. The first kappa shape index (κ1) is 13.4. The second-order valence-electron chi connectivity index (χ2n) is 5.45. The quantitative estimate of drug-likeness (QED) is 0.797. The van der Waals surface area contributed by atoms with Crippen LogP contribution in [0.1, 0.15) is 24.8 Å². The van der Waals surface area contributed by atoms with Gasteiger partial charge >= 0.3 is 0 Å². The van der Waals surface area contributed by atoms with Gasteiger partial charge in [0.1, 0.15) is 12.6 Å². The van der Waals surface area contributed by atoms with E-state index in [4.69, 9.17) is 11.6 Å². The van der Waals surface area contributed by atoms with Crippen LogP contribution in [0, 0.1) is 6.92 Å². The van der Waals surface area contributed by atoms with Gasteiger partial charge in [0, 0.05) is 17.3 Å². The van der Waals surface area contributed by atoms with Crippen molar-refractivity contribution < 1.29 is 9.59 Å². The van der Waals surface area contributed by atoms with Crippen molar-refractivity contribution in [3.05, 3.63) is 28.8 Å². The van der Waals surface area contributed by atoms with E-state index in [0.29, 0.717) is 11.6 Å². The molecule has 20 heavy (non-hydrogen) atoms. The van der Waals surface area contributed by atoms with Crippen LogP contribution in [-0.4, -0.2) is 35.8 Å². The first-order valence-corrected chi connectivity index (χ1v) is 7.33. The number of carbonyl (C=O) groups excluding carboxylic acids is 2. The Labute approximate surface area is 123 Å². The van der Waals surface area contributed by atoms with Gasteiger partial charge < -0.3 is 9.80 Å². The molecule has 0 bridgehead atoms. The number of halogens is 1. The van der Waals surface area contributed by atoms with E-state index in [9.17, 15) is 9.59 Å². The van der Waals surface area contributed by atoms with Gasteiger partial charge in [-0.25, -0.2) is 0 Å². The van der Waals surface area contributed by atoms with Gasteiger partial charge in [-0.3, -0.25) is 9.59 Å². The number of carbonyl (C=O) groups is 2. The Morgan fingerprint density at radius 1 is 1.25 bits per heavy atom. The number of amides is 2. The average molecular weight is 293 g/mol. The van der Waals surface area contributed by atoms with Gasteiger partial charge in [0.2, 0.25) is 11.8 Å². The monoisotopic (exact) mass is 292 g/mol. The standard InChI is InChI=1S/C15H17ClN2O2/c1-10-5-6-11(16)8-13(10)18-9-14(19)17-7-3-2-4-12(17)15(18)20/h5-6,8,12H,2-4,7,9H2,1H3. The number of anilines is 1. The molecule has 0 aromatic heterocycles. The first-order chi connectivity index (χ1) is 9.58. The van der Waals surface area contributed by atoms with Crippen LogP contribution in [-0.2, 0) is 9.59 Å². The largest absolute Gasteiger partial charge is 0.329 e. The lowest BCUT2D eigenvalue weighted by molar-refractivity contribution is -0.144. The van der Waals surface area contributed by atoms with Crippen LogP contribution in [0.2, 0.25) is 5.02 Å². The zero-order valence-electron chi connectivity index (χ0n) is 11.4. The van der Waals surface area contributed by atoms with Crippen LogP contribution >= 0.6 is 11.6 Å². The predicted molar refractivity (Wildman–Crippen MR) is 77.9 cm³/mol. The van der Waals surface area contributed by atoms with Crippen molar-refractivity contribution in [1.82, 2.24) is 4.90 Å². The van der Waals surface area contributed by atoms with Crippen molar-refractivity contribution in [2.24, 2.45) is 0 Å². The van der Waals surface area contributed by atoms with E-state index in [1.54, 1.807) is 21.9 Å². The fourth-order valence-electron chi connectivity index (χ4n) is 3.05. The third-order valence-corrected chi connectivity index (χ3v) is 4.36. The molecule has 2 amide bonds. The minimum Gasteiger partial charge on any atom is -0.329 e. The number of hydrogen-bond donors (Lipinski definition) is 0. The van der Waals surface area contributed by atoms with Gasteiger partial charge in [-0.15, -0.1) is 0 Å². The molecule has 0 spiro atoms. The molecule has 1 unspecified atom stereocenters. The van der Waals surface area contributed by atoms with Crippen LogP contribution in [0.15, 0.2) is 18.2 Å². The molecular formula is C15H17ClN2O2. The van der Waals surface area contributed by atoms with E-state index in [-0.39, 0.29) is 24.4 Å². The highest BCUT2D eigenvalue weighted by Crippen LogP contribution is 2.30. The maximum absolute atomic E-state index is 12.7. The van der Waals surface area contributed by atoms with Crippen LogP contribution in [0.5, 0.6) is 0 Å². The van der Waals surface area contributed by atoms with Crippen molar-refractivity contribution in [3.8, 4) is 0 Å². The summed E-state index contributed by atoms with van der Waals surface area (Å²) in [4.78, 5) is 28.2. The average Bonchev–Trinajstić information content (AvgIpc) is 2.46. The summed E-state index contributed by atoms with van der Waals surface area (Å²) in [6.45, 7) is 2.75. The first-order valence-electron chi connectivity index (χ1n) is 6.95. The zero-order chi connectivity index (χ0) is 14.3. The second-order valence-corrected chi connectivity index (χ2v) is 5.89.